The van der Waals surface area contributed by atoms with Gasteiger partial charge in [0.25, 0.3) is 0 Å². The first kappa shape index (κ1) is 16.3. The predicted molar refractivity (Wildman–Crippen MR) is 78.0 cm³/mol. The van der Waals surface area contributed by atoms with E-state index >= 15 is 0 Å². The van der Waals surface area contributed by atoms with Gasteiger partial charge in [-0.05, 0) is 32.0 Å². The Kier molecular flexibility index (Phi) is 4.15. The fraction of sp³-hybridized carbons (Fsp3) is 0.400. The van der Waals surface area contributed by atoms with Crippen LogP contribution in [0, 0.1) is 0 Å². The maximum atomic E-state index is 12.0. The molecule has 2 rings (SSSR count). The molecule has 1 heterocycles. The summed E-state index contributed by atoms with van der Waals surface area (Å²) in [6.45, 7) is 2.62. The van der Waals surface area contributed by atoms with Crippen LogP contribution in [0.2, 0.25) is 0 Å². The van der Waals surface area contributed by atoms with Crippen molar-refractivity contribution in [2.45, 2.75) is 31.7 Å². The summed E-state index contributed by atoms with van der Waals surface area (Å²) in [4.78, 5) is 12.0. The van der Waals surface area contributed by atoms with Crippen molar-refractivity contribution in [1.82, 2.24) is 0 Å². The van der Waals surface area contributed by atoms with Crippen molar-refractivity contribution in [2.24, 2.45) is 0 Å². The highest BCUT2D eigenvalue weighted by atomic mass is 16.5. The second kappa shape index (κ2) is 5.60. The molecule has 0 aliphatic heterocycles. The van der Waals surface area contributed by atoms with Gasteiger partial charge in [0.05, 0.1) is 18.3 Å². The third-order valence-corrected chi connectivity index (χ3v) is 3.41. The number of hydrogen-bond acceptors (Lipinski definition) is 7. The Morgan fingerprint density at radius 1 is 1.27 bits per heavy atom. The van der Waals surface area contributed by atoms with Crippen LogP contribution in [-0.4, -0.2) is 39.2 Å². The molecule has 0 saturated carbocycles. The quantitative estimate of drug-likeness (QED) is 0.613. The Morgan fingerprint density at radius 3 is 2.45 bits per heavy atom. The molecule has 0 spiro atoms. The number of hydrogen-bond donors (Lipinski definition) is 4. The summed E-state index contributed by atoms with van der Waals surface area (Å²) in [7, 11) is 1.31. The van der Waals surface area contributed by atoms with Crippen LogP contribution in [0.5, 0.6) is 11.5 Å². The van der Waals surface area contributed by atoms with Crippen LogP contribution in [-0.2, 0) is 0 Å². The van der Waals surface area contributed by atoms with Gasteiger partial charge in [-0.1, -0.05) is 0 Å². The van der Waals surface area contributed by atoms with E-state index in [-0.39, 0.29) is 22.6 Å². The van der Waals surface area contributed by atoms with Gasteiger partial charge in [-0.25, -0.2) is 4.79 Å². The van der Waals surface area contributed by atoms with Crippen molar-refractivity contribution >= 4 is 11.0 Å². The zero-order valence-electron chi connectivity index (χ0n) is 12.4. The summed E-state index contributed by atoms with van der Waals surface area (Å²) < 4.78 is 10.1. The molecule has 1 aromatic heterocycles. The first-order valence-corrected chi connectivity index (χ1v) is 6.59. The average molecular weight is 310 g/mol. The third kappa shape index (κ3) is 2.78. The SMILES string of the molecule is COc1c(O)ccc2cc([C@H](O)[C@@H](O)C(C)(C)O)c(=O)oc12. The Hall–Kier alpha value is -2.09. The Morgan fingerprint density at radius 2 is 1.91 bits per heavy atom. The molecule has 0 bridgehead atoms. The summed E-state index contributed by atoms with van der Waals surface area (Å²) in [5.74, 6) is -0.193. The van der Waals surface area contributed by atoms with Gasteiger partial charge in [-0.15, -0.1) is 0 Å². The zero-order valence-corrected chi connectivity index (χ0v) is 12.4. The number of aliphatic hydroxyl groups is 3. The molecule has 0 radical (unpaired) electrons. The van der Waals surface area contributed by atoms with Gasteiger partial charge in [0, 0.05) is 5.39 Å². The van der Waals surface area contributed by atoms with Gasteiger partial charge >= 0.3 is 5.63 Å². The second-order valence-corrected chi connectivity index (χ2v) is 5.57. The Bertz CT molecular complexity index is 742. The first-order valence-electron chi connectivity index (χ1n) is 6.59. The standard InChI is InChI=1S/C15H18O7/c1-15(2,20)13(18)10(17)8-6-7-4-5-9(16)12(21-3)11(7)22-14(8)19/h4-6,10,13,16-18,20H,1-3H3/t10-,13+/m0/s1. The smallest absolute Gasteiger partial charge is 0.342 e. The topological polar surface area (TPSA) is 120 Å². The van der Waals surface area contributed by atoms with Gasteiger partial charge in [-0.3, -0.25) is 0 Å². The van der Waals surface area contributed by atoms with Gasteiger partial charge in [-0.2, -0.15) is 0 Å². The van der Waals surface area contributed by atoms with E-state index in [1.165, 1.54) is 39.2 Å². The lowest BCUT2D eigenvalue weighted by Crippen LogP contribution is -2.41. The minimum atomic E-state index is -1.62. The number of ether oxygens (including phenoxy) is 1. The zero-order chi connectivity index (χ0) is 16.7. The van der Waals surface area contributed by atoms with E-state index in [9.17, 15) is 25.2 Å². The normalized spacial score (nSPS) is 14.8. The molecule has 22 heavy (non-hydrogen) atoms. The number of methoxy groups -OCH3 is 1. The number of aliphatic hydroxyl groups excluding tert-OH is 2. The lowest BCUT2D eigenvalue weighted by Gasteiger charge is -2.28. The Labute approximate surface area is 126 Å². The number of aromatic hydroxyl groups is 1. The molecule has 0 fully saturated rings. The molecule has 0 saturated heterocycles. The summed E-state index contributed by atoms with van der Waals surface area (Å²) >= 11 is 0. The molecule has 1 aromatic carbocycles. The van der Waals surface area contributed by atoms with E-state index in [0.29, 0.717) is 5.39 Å². The number of fused-ring (bicyclic) bond motifs is 1. The van der Waals surface area contributed by atoms with Crippen LogP contribution in [0.1, 0.15) is 25.5 Å². The third-order valence-electron chi connectivity index (χ3n) is 3.41. The van der Waals surface area contributed by atoms with Gasteiger partial charge < -0.3 is 29.6 Å². The summed E-state index contributed by atoms with van der Waals surface area (Å²) in [6.07, 6.45) is -3.20. The highest BCUT2D eigenvalue weighted by Gasteiger charge is 2.34. The molecule has 4 N–H and O–H groups in total. The molecule has 2 atom stereocenters. The van der Waals surface area contributed by atoms with Crippen molar-refractivity contribution in [1.29, 1.82) is 0 Å². The molecule has 7 heteroatoms. The van der Waals surface area contributed by atoms with Crippen LogP contribution < -0.4 is 10.4 Å². The monoisotopic (exact) mass is 310 g/mol. The van der Waals surface area contributed by atoms with Crippen molar-refractivity contribution in [3.8, 4) is 11.5 Å². The van der Waals surface area contributed by atoms with Gasteiger partial charge in [0.15, 0.2) is 11.3 Å². The van der Waals surface area contributed by atoms with Crippen LogP contribution in [0.25, 0.3) is 11.0 Å². The van der Waals surface area contributed by atoms with E-state index < -0.39 is 23.4 Å². The van der Waals surface area contributed by atoms with Crippen LogP contribution in [0.15, 0.2) is 27.4 Å². The minimum Gasteiger partial charge on any atom is -0.504 e. The summed E-state index contributed by atoms with van der Waals surface area (Å²) in [5.41, 5.74) is -2.67. The molecule has 0 aliphatic carbocycles. The fourth-order valence-corrected chi connectivity index (χ4v) is 2.12. The molecule has 7 nitrogen and oxygen atoms in total. The maximum Gasteiger partial charge on any atom is 0.342 e. The maximum absolute atomic E-state index is 12.0. The van der Waals surface area contributed by atoms with E-state index in [2.05, 4.69) is 0 Å². The number of phenols is 1. The van der Waals surface area contributed by atoms with Crippen molar-refractivity contribution < 1.29 is 29.6 Å². The largest absolute Gasteiger partial charge is 0.504 e. The van der Waals surface area contributed by atoms with Crippen molar-refractivity contribution in [2.75, 3.05) is 7.11 Å². The Balaban J connectivity index is 2.61. The second-order valence-electron chi connectivity index (χ2n) is 5.57. The molecule has 120 valence electrons. The fourth-order valence-electron chi connectivity index (χ4n) is 2.12. The molecule has 0 aliphatic rings. The molecular formula is C15H18O7. The lowest BCUT2D eigenvalue weighted by molar-refractivity contribution is -0.108. The van der Waals surface area contributed by atoms with Crippen LogP contribution >= 0.6 is 0 Å². The number of benzene rings is 1. The van der Waals surface area contributed by atoms with Gasteiger partial charge in [0.1, 0.15) is 12.2 Å². The molecule has 0 unspecified atom stereocenters. The van der Waals surface area contributed by atoms with Crippen molar-refractivity contribution in [3.05, 3.63) is 34.2 Å². The van der Waals surface area contributed by atoms with E-state index in [1.807, 2.05) is 0 Å². The lowest BCUT2D eigenvalue weighted by atomic mass is 9.93. The number of rotatable bonds is 4. The summed E-state index contributed by atoms with van der Waals surface area (Å²) in [5, 5.41) is 39.8. The van der Waals surface area contributed by atoms with E-state index in [0.717, 1.165) is 0 Å². The van der Waals surface area contributed by atoms with Crippen molar-refractivity contribution in [3.63, 3.8) is 0 Å². The molecule has 2 aromatic rings. The first-order chi connectivity index (χ1) is 10.2. The van der Waals surface area contributed by atoms with E-state index in [1.54, 1.807) is 0 Å². The number of phenolic OH excluding ortho intramolecular Hbond substituents is 1. The van der Waals surface area contributed by atoms with E-state index in [4.69, 9.17) is 9.15 Å². The highest BCUT2D eigenvalue weighted by Crippen LogP contribution is 2.35. The van der Waals surface area contributed by atoms with Crippen LogP contribution in [0.4, 0.5) is 0 Å². The highest BCUT2D eigenvalue weighted by molar-refractivity contribution is 5.85. The van der Waals surface area contributed by atoms with Gasteiger partial charge in [0.2, 0.25) is 5.75 Å². The minimum absolute atomic E-state index is 0.00123. The average Bonchev–Trinajstić information content (AvgIpc) is 2.44. The molecular weight excluding hydrogens is 292 g/mol. The summed E-state index contributed by atoms with van der Waals surface area (Å²) in [6, 6.07) is 4.15. The van der Waals surface area contributed by atoms with Crippen LogP contribution in [0.3, 0.4) is 0 Å². The molecule has 0 amide bonds. The predicted octanol–water partition coefficient (Wildman–Crippen LogP) is 0.672.